The van der Waals surface area contributed by atoms with Crippen LogP contribution in [0.2, 0.25) is 0 Å². The van der Waals surface area contributed by atoms with E-state index in [4.69, 9.17) is 10.5 Å². The number of amides is 3. The molecular weight excluding hydrogens is 318 g/mol. The van der Waals surface area contributed by atoms with Crippen LogP contribution in [0, 0.1) is 5.92 Å². The van der Waals surface area contributed by atoms with E-state index in [0.717, 1.165) is 6.42 Å². The second-order valence-electron chi connectivity index (χ2n) is 6.91. The maximum Gasteiger partial charge on any atom is 0.320 e. The number of ether oxygens (including phenoxy) is 1. The number of primary amides is 1. The van der Waals surface area contributed by atoms with Crippen molar-refractivity contribution in [3.63, 3.8) is 0 Å². The highest BCUT2D eigenvalue weighted by atomic mass is 16.5. The monoisotopic (exact) mass is 345 g/mol. The zero-order valence-corrected chi connectivity index (χ0v) is 14.8. The molecule has 0 aliphatic carbocycles. The minimum absolute atomic E-state index is 0.00979. The first-order valence-corrected chi connectivity index (χ1v) is 9.08. The Morgan fingerprint density at radius 3 is 2.40 bits per heavy atom. The number of morpholine rings is 1. The van der Waals surface area contributed by atoms with E-state index >= 15 is 0 Å². The van der Waals surface area contributed by atoms with Gasteiger partial charge in [-0.05, 0) is 24.0 Å². The first kappa shape index (κ1) is 17.7. The Hall–Kier alpha value is -2.08. The molecule has 2 aliphatic rings. The number of aryl methyl sites for hydroxylation is 1. The Morgan fingerprint density at radius 1 is 1.12 bits per heavy atom. The van der Waals surface area contributed by atoms with Crippen molar-refractivity contribution in [3.8, 4) is 0 Å². The Labute approximate surface area is 148 Å². The molecule has 3 amide bonds. The fraction of sp³-hybridized carbons (Fsp3) is 0.579. The summed E-state index contributed by atoms with van der Waals surface area (Å²) in [4.78, 5) is 28.3. The van der Waals surface area contributed by atoms with Crippen molar-refractivity contribution in [2.75, 3.05) is 39.4 Å². The molecule has 0 spiro atoms. The third-order valence-corrected chi connectivity index (χ3v) is 5.26. The van der Waals surface area contributed by atoms with Gasteiger partial charge in [0.25, 0.3) is 0 Å². The van der Waals surface area contributed by atoms with Crippen LogP contribution in [0.4, 0.5) is 4.79 Å². The molecule has 0 radical (unpaired) electrons. The molecule has 2 saturated heterocycles. The van der Waals surface area contributed by atoms with Crippen LogP contribution in [0.1, 0.15) is 30.4 Å². The summed E-state index contributed by atoms with van der Waals surface area (Å²) in [6.07, 6.45) is 1.70. The zero-order chi connectivity index (χ0) is 17.8. The summed E-state index contributed by atoms with van der Waals surface area (Å²) in [5.41, 5.74) is 8.04. The molecule has 2 aliphatic heterocycles. The predicted octanol–water partition coefficient (Wildman–Crippen LogP) is 1.59. The number of carbonyl (C=O) groups is 2. The largest absolute Gasteiger partial charge is 0.378 e. The second-order valence-corrected chi connectivity index (χ2v) is 6.91. The molecule has 6 heteroatoms. The van der Waals surface area contributed by atoms with E-state index in [-0.39, 0.29) is 23.8 Å². The number of nitrogens with zero attached hydrogens (tertiary/aromatic N) is 2. The van der Waals surface area contributed by atoms with Crippen molar-refractivity contribution >= 4 is 11.9 Å². The molecule has 2 atom stereocenters. The highest BCUT2D eigenvalue weighted by Gasteiger charge is 2.35. The quantitative estimate of drug-likeness (QED) is 0.904. The summed E-state index contributed by atoms with van der Waals surface area (Å²) in [6.45, 7) is 5.52. The molecule has 2 fully saturated rings. The summed E-state index contributed by atoms with van der Waals surface area (Å²) < 4.78 is 5.32. The molecule has 2 heterocycles. The van der Waals surface area contributed by atoms with Gasteiger partial charge >= 0.3 is 6.03 Å². The van der Waals surface area contributed by atoms with E-state index < -0.39 is 0 Å². The van der Waals surface area contributed by atoms with E-state index in [1.54, 1.807) is 4.90 Å². The number of hydrogen-bond donors (Lipinski definition) is 1. The predicted molar refractivity (Wildman–Crippen MR) is 95.2 cm³/mol. The van der Waals surface area contributed by atoms with Crippen LogP contribution in [-0.2, 0) is 16.0 Å². The Kier molecular flexibility index (Phi) is 5.58. The SMILES string of the molecule is CCc1ccc(C2CC(C(N)=O)CN(C(=O)N3CCOCC3)C2)cc1. The van der Waals surface area contributed by atoms with Crippen molar-refractivity contribution in [3.05, 3.63) is 35.4 Å². The van der Waals surface area contributed by atoms with Crippen molar-refractivity contribution in [2.24, 2.45) is 11.7 Å². The molecule has 1 aromatic rings. The molecule has 136 valence electrons. The molecule has 6 nitrogen and oxygen atoms in total. The number of carbonyl (C=O) groups excluding carboxylic acids is 2. The number of benzene rings is 1. The third kappa shape index (κ3) is 4.12. The minimum Gasteiger partial charge on any atom is -0.378 e. The molecule has 2 unspecified atom stereocenters. The van der Waals surface area contributed by atoms with Crippen molar-refractivity contribution in [2.45, 2.75) is 25.7 Å². The molecule has 1 aromatic carbocycles. The molecule has 2 N–H and O–H groups in total. The Morgan fingerprint density at radius 2 is 1.80 bits per heavy atom. The van der Waals surface area contributed by atoms with Gasteiger partial charge in [0.2, 0.25) is 5.91 Å². The lowest BCUT2D eigenvalue weighted by Crippen LogP contribution is -2.53. The highest BCUT2D eigenvalue weighted by molar-refractivity contribution is 5.80. The average Bonchev–Trinajstić information content (AvgIpc) is 2.67. The maximum atomic E-state index is 12.8. The summed E-state index contributed by atoms with van der Waals surface area (Å²) in [7, 11) is 0. The van der Waals surface area contributed by atoms with E-state index in [0.29, 0.717) is 45.8 Å². The third-order valence-electron chi connectivity index (χ3n) is 5.26. The number of rotatable bonds is 3. The molecule has 25 heavy (non-hydrogen) atoms. The van der Waals surface area contributed by atoms with Crippen LogP contribution in [0.25, 0.3) is 0 Å². The summed E-state index contributed by atoms with van der Waals surface area (Å²) in [5.74, 6) is -0.480. The van der Waals surface area contributed by atoms with Gasteiger partial charge in [-0.25, -0.2) is 4.79 Å². The molecular formula is C19H27N3O3. The van der Waals surface area contributed by atoms with Gasteiger partial charge in [0.05, 0.1) is 19.1 Å². The van der Waals surface area contributed by atoms with E-state index in [2.05, 4.69) is 31.2 Å². The van der Waals surface area contributed by atoms with Gasteiger partial charge < -0.3 is 20.3 Å². The van der Waals surface area contributed by atoms with E-state index in [1.165, 1.54) is 11.1 Å². The summed E-state index contributed by atoms with van der Waals surface area (Å²) in [6, 6.07) is 8.47. The maximum absolute atomic E-state index is 12.8. The van der Waals surface area contributed by atoms with Crippen LogP contribution >= 0.6 is 0 Å². The van der Waals surface area contributed by atoms with Gasteiger partial charge in [0.1, 0.15) is 0 Å². The first-order chi connectivity index (χ1) is 12.1. The van der Waals surface area contributed by atoms with Gasteiger partial charge in [-0.1, -0.05) is 31.2 Å². The molecule has 0 saturated carbocycles. The van der Waals surface area contributed by atoms with Gasteiger partial charge in [-0.15, -0.1) is 0 Å². The van der Waals surface area contributed by atoms with Gasteiger partial charge in [0, 0.05) is 32.1 Å². The Bertz CT molecular complexity index is 611. The van der Waals surface area contributed by atoms with Crippen molar-refractivity contribution in [1.29, 1.82) is 0 Å². The van der Waals surface area contributed by atoms with E-state index in [1.807, 2.05) is 4.90 Å². The topological polar surface area (TPSA) is 75.9 Å². The number of urea groups is 1. The fourth-order valence-electron chi connectivity index (χ4n) is 3.68. The lowest BCUT2D eigenvalue weighted by atomic mass is 9.84. The van der Waals surface area contributed by atoms with Crippen molar-refractivity contribution < 1.29 is 14.3 Å². The fourth-order valence-corrected chi connectivity index (χ4v) is 3.68. The van der Waals surface area contributed by atoms with E-state index in [9.17, 15) is 9.59 Å². The number of likely N-dealkylation sites (tertiary alicyclic amines) is 1. The standard InChI is InChI=1S/C19H27N3O3/c1-2-14-3-5-15(6-4-14)16-11-17(18(20)23)13-22(12-16)19(24)21-7-9-25-10-8-21/h3-6,16-17H,2,7-13H2,1H3,(H2,20,23). The zero-order valence-electron chi connectivity index (χ0n) is 14.8. The van der Waals surface area contributed by atoms with Crippen LogP contribution < -0.4 is 5.73 Å². The lowest BCUT2D eigenvalue weighted by molar-refractivity contribution is -0.123. The number of nitrogens with two attached hydrogens (primary N) is 1. The van der Waals surface area contributed by atoms with Crippen molar-refractivity contribution in [1.82, 2.24) is 9.80 Å². The second kappa shape index (κ2) is 7.87. The Balaban J connectivity index is 1.76. The summed E-state index contributed by atoms with van der Waals surface area (Å²) in [5, 5.41) is 0. The summed E-state index contributed by atoms with van der Waals surface area (Å²) >= 11 is 0. The van der Waals surface area contributed by atoms with Crippen LogP contribution in [0.5, 0.6) is 0 Å². The van der Waals surface area contributed by atoms with Gasteiger partial charge in [-0.2, -0.15) is 0 Å². The first-order valence-electron chi connectivity index (χ1n) is 9.08. The minimum atomic E-state index is -0.324. The van der Waals surface area contributed by atoms with Crippen LogP contribution in [-0.4, -0.2) is 61.1 Å². The lowest BCUT2D eigenvalue weighted by Gasteiger charge is -2.40. The number of piperidine rings is 1. The molecule has 0 aromatic heterocycles. The number of hydrogen-bond acceptors (Lipinski definition) is 3. The average molecular weight is 345 g/mol. The molecule has 3 rings (SSSR count). The van der Waals surface area contributed by atoms with Crippen LogP contribution in [0.15, 0.2) is 24.3 Å². The van der Waals surface area contributed by atoms with Crippen LogP contribution in [0.3, 0.4) is 0 Å². The normalized spacial score (nSPS) is 24.2. The highest BCUT2D eigenvalue weighted by Crippen LogP contribution is 2.31. The smallest absolute Gasteiger partial charge is 0.320 e. The molecule has 0 bridgehead atoms. The van der Waals surface area contributed by atoms with Gasteiger partial charge in [-0.3, -0.25) is 4.79 Å². The van der Waals surface area contributed by atoms with Gasteiger partial charge in [0.15, 0.2) is 0 Å².